The van der Waals surface area contributed by atoms with E-state index < -0.39 is 0 Å². The largest absolute Gasteiger partial charge is 0.496 e. The minimum absolute atomic E-state index is 0. The Morgan fingerprint density at radius 2 is 2.07 bits per heavy atom. The fraction of sp³-hybridized carbons (Fsp3) is 0.333. The zero-order valence-electron chi connectivity index (χ0n) is 8.52. The summed E-state index contributed by atoms with van der Waals surface area (Å²) in [5.74, 6) is 0.608. The van der Waals surface area contributed by atoms with Gasteiger partial charge in [-0.25, -0.2) is 4.98 Å². The Morgan fingerprint density at radius 3 is 2.53 bits per heavy atom. The van der Waals surface area contributed by atoms with E-state index in [1.807, 2.05) is 0 Å². The Balaban J connectivity index is 0.00000196. The van der Waals surface area contributed by atoms with E-state index in [0.29, 0.717) is 11.6 Å². The van der Waals surface area contributed by atoms with Crippen LogP contribution in [0.2, 0.25) is 0 Å². The topological polar surface area (TPSA) is 74.4 Å². The lowest BCUT2D eigenvalue weighted by molar-refractivity contribution is 0.0995. The molecular weight excluding hydrogens is 220 g/mol. The summed E-state index contributed by atoms with van der Waals surface area (Å²) in [5, 5.41) is 0. The maximum absolute atomic E-state index is 11.3. The molecule has 1 aromatic heterocycles. The molecular formula is C9H13ClN2O3. The molecule has 1 rings (SSSR count). The molecule has 0 atom stereocenters. The number of hydrogen-bond donors (Lipinski definition) is 1. The van der Waals surface area contributed by atoms with E-state index in [4.69, 9.17) is 15.2 Å². The van der Waals surface area contributed by atoms with Crippen molar-refractivity contribution in [1.82, 2.24) is 4.98 Å². The van der Waals surface area contributed by atoms with E-state index >= 15 is 0 Å². The van der Waals surface area contributed by atoms with Gasteiger partial charge in [0.05, 0.1) is 20.8 Å². The molecule has 0 unspecified atom stereocenters. The first-order chi connectivity index (χ1) is 6.71. The summed E-state index contributed by atoms with van der Waals surface area (Å²) in [7, 11) is 2.98. The van der Waals surface area contributed by atoms with Crippen molar-refractivity contribution in [3.05, 3.63) is 17.8 Å². The number of hydrogen-bond acceptors (Lipinski definition) is 5. The fourth-order valence-electron chi connectivity index (χ4n) is 0.951. The number of carbonyl (C=O) groups excluding carboxylic acids is 1. The van der Waals surface area contributed by atoms with E-state index in [1.165, 1.54) is 20.3 Å². The molecule has 0 spiro atoms. The molecule has 0 saturated carbocycles. The highest BCUT2D eigenvalue weighted by molar-refractivity contribution is 5.96. The predicted molar refractivity (Wildman–Crippen MR) is 58.0 cm³/mol. The standard InChI is InChI=1S/C9H12N2O3.ClH/c1-13-6-3-7(8(12)5-10)11-9(4-6)14-2;/h3-4H,5,10H2,1-2H3;1H. The molecule has 0 amide bonds. The number of ketones is 1. The Bertz CT molecular complexity index is 322. The lowest BCUT2D eigenvalue weighted by Gasteiger charge is -2.05. The molecule has 0 fully saturated rings. The molecule has 1 aromatic rings. The lowest BCUT2D eigenvalue weighted by Crippen LogP contribution is -2.15. The summed E-state index contributed by atoms with van der Waals surface area (Å²) in [6.07, 6.45) is 0. The summed E-state index contributed by atoms with van der Waals surface area (Å²) < 4.78 is 9.89. The van der Waals surface area contributed by atoms with Gasteiger partial charge >= 0.3 is 0 Å². The molecule has 0 aliphatic rings. The number of carbonyl (C=O) groups is 1. The predicted octanol–water partition coefficient (Wildman–Crippen LogP) is 0.662. The SMILES string of the molecule is COc1cc(OC)nc(C(=O)CN)c1.Cl. The van der Waals surface area contributed by atoms with Crippen molar-refractivity contribution in [3.8, 4) is 11.6 Å². The summed E-state index contributed by atoms with van der Waals surface area (Å²) >= 11 is 0. The first-order valence-corrected chi connectivity index (χ1v) is 4.04. The molecule has 0 radical (unpaired) electrons. The molecule has 0 bridgehead atoms. The van der Waals surface area contributed by atoms with Crippen LogP contribution < -0.4 is 15.2 Å². The van der Waals surface area contributed by atoms with Crippen LogP contribution in [0, 0.1) is 0 Å². The molecule has 15 heavy (non-hydrogen) atoms. The van der Waals surface area contributed by atoms with Gasteiger partial charge < -0.3 is 15.2 Å². The zero-order chi connectivity index (χ0) is 10.6. The summed E-state index contributed by atoms with van der Waals surface area (Å²) in [6, 6.07) is 3.12. The van der Waals surface area contributed by atoms with Gasteiger partial charge in [-0.1, -0.05) is 0 Å². The first-order valence-electron chi connectivity index (χ1n) is 4.04. The minimum Gasteiger partial charge on any atom is -0.496 e. The highest BCUT2D eigenvalue weighted by Crippen LogP contribution is 2.18. The molecule has 84 valence electrons. The molecule has 1 heterocycles. The average molecular weight is 233 g/mol. The van der Waals surface area contributed by atoms with Gasteiger partial charge in [-0.05, 0) is 0 Å². The van der Waals surface area contributed by atoms with Crippen LogP contribution in [-0.4, -0.2) is 31.5 Å². The second-order valence-electron chi connectivity index (χ2n) is 2.56. The van der Waals surface area contributed by atoms with Gasteiger partial charge in [-0.3, -0.25) is 4.79 Å². The van der Waals surface area contributed by atoms with Crippen LogP contribution in [0.15, 0.2) is 12.1 Å². The Labute approximate surface area is 94.0 Å². The highest BCUT2D eigenvalue weighted by atomic mass is 35.5. The minimum atomic E-state index is -0.248. The number of rotatable bonds is 4. The maximum atomic E-state index is 11.3. The molecule has 2 N–H and O–H groups in total. The van der Waals surface area contributed by atoms with E-state index in [2.05, 4.69) is 4.98 Å². The number of halogens is 1. The molecule has 0 aliphatic heterocycles. The third kappa shape index (κ3) is 3.38. The van der Waals surface area contributed by atoms with Crippen LogP contribution in [0.25, 0.3) is 0 Å². The fourth-order valence-corrected chi connectivity index (χ4v) is 0.951. The smallest absolute Gasteiger partial charge is 0.217 e. The zero-order valence-corrected chi connectivity index (χ0v) is 9.34. The van der Waals surface area contributed by atoms with Crippen molar-refractivity contribution in [2.24, 2.45) is 5.73 Å². The van der Waals surface area contributed by atoms with Gasteiger partial charge in [0.1, 0.15) is 11.4 Å². The van der Waals surface area contributed by atoms with E-state index in [-0.39, 0.29) is 30.4 Å². The van der Waals surface area contributed by atoms with Crippen molar-refractivity contribution in [1.29, 1.82) is 0 Å². The molecule has 6 heteroatoms. The van der Waals surface area contributed by atoms with Crippen molar-refractivity contribution in [2.45, 2.75) is 0 Å². The van der Waals surface area contributed by atoms with Crippen LogP contribution in [0.3, 0.4) is 0 Å². The van der Waals surface area contributed by atoms with Crippen molar-refractivity contribution in [2.75, 3.05) is 20.8 Å². The second kappa shape index (κ2) is 6.21. The van der Waals surface area contributed by atoms with Gasteiger partial charge in [0.25, 0.3) is 0 Å². The molecule has 0 saturated heterocycles. The Hall–Kier alpha value is -1.33. The summed E-state index contributed by atoms with van der Waals surface area (Å²) in [4.78, 5) is 15.2. The number of Topliss-reactive ketones (excluding diaryl/α,β-unsaturated/α-hetero) is 1. The Morgan fingerprint density at radius 1 is 1.40 bits per heavy atom. The summed E-state index contributed by atoms with van der Waals surface area (Å²) in [5.41, 5.74) is 5.47. The highest BCUT2D eigenvalue weighted by Gasteiger charge is 2.09. The van der Waals surface area contributed by atoms with Crippen LogP contribution in [0.5, 0.6) is 11.6 Å². The normalized spacial score (nSPS) is 9.00. The number of aromatic nitrogens is 1. The summed E-state index contributed by atoms with van der Waals surface area (Å²) in [6.45, 7) is -0.0800. The first kappa shape index (κ1) is 13.7. The number of methoxy groups -OCH3 is 2. The van der Waals surface area contributed by atoms with E-state index in [0.717, 1.165) is 0 Å². The number of nitrogens with zero attached hydrogens (tertiary/aromatic N) is 1. The van der Waals surface area contributed by atoms with Crippen molar-refractivity contribution in [3.63, 3.8) is 0 Å². The van der Waals surface area contributed by atoms with E-state index in [9.17, 15) is 4.79 Å². The van der Waals surface area contributed by atoms with Gasteiger partial charge in [0.15, 0.2) is 5.78 Å². The second-order valence-corrected chi connectivity index (χ2v) is 2.56. The third-order valence-electron chi connectivity index (χ3n) is 1.69. The van der Waals surface area contributed by atoms with Gasteiger partial charge in [-0.2, -0.15) is 0 Å². The van der Waals surface area contributed by atoms with Gasteiger partial charge in [0, 0.05) is 12.1 Å². The third-order valence-corrected chi connectivity index (χ3v) is 1.69. The van der Waals surface area contributed by atoms with E-state index in [1.54, 1.807) is 6.07 Å². The van der Waals surface area contributed by atoms with Gasteiger partial charge in [-0.15, -0.1) is 12.4 Å². The van der Waals surface area contributed by atoms with Gasteiger partial charge in [0.2, 0.25) is 5.88 Å². The van der Waals surface area contributed by atoms with Crippen LogP contribution >= 0.6 is 12.4 Å². The quantitative estimate of drug-likeness (QED) is 0.772. The monoisotopic (exact) mass is 232 g/mol. The van der Waals surface area contributed by atoms with Crippen LogP contribution in [-0.2, 0) is 0 Å². The van der Waals surface area contributed by atoms with Crippen LogP contribution in [0.1, 0.15) is 10.5 Å². The lowest BCUT2D eigenvalue weighted by atomic mass is 10.2. The van der Waals surface area contributed by atoms with Crippen molar-refractivity contribution >= 4 is 18.2 Å². The Kier molecular flexibility index (Phi) is 5.66. The molecule has 5 nitrogen and oxygen atoms in total. The number of pyridine rings is 1. The van der Waals surface area contributed by atoms with Crippen molar-refractivity contribution < 1.29 is 14.3 Å². The maximum Gasteiger partial charge on any atom is 0.217 e. The number of ether oxygens (including phenoxy) is 2. The van der Waals surface area contributed by atoms with Crippen LogP contribution in [0.4, 0.5) is 0 Å². The molecule has 0 aliphatic carbocycles. The number of nitrogens with two attached hydrogens (primary N) is 1. The average Bonchev–Trinajstić information content (AvgIpc) is 2.27. The molecule has 0 aromatic carbocycles.